The first kappa shape index (κ1) is 15.3. The van der Waals surface area contributed by atoms with E-state index in [1.54, 1.807) is 0 Å². The number of rotatable bonds is 4. The van der Waals surface area contributed by atoms with Crippen LogP contribution in [0.25, 0.3) is 0 Å². The average molecular weight is 295 g/mol. The molecule has 1 N–H and O–H groups in total. The molecule has 1 heterocycles. The molecule has 20 heavy (non-hydrogen) atoms. The largest absolute Gasteiger partial charge is 0.326 e. The summed E-state index contributed by atoms with van der Waals surface area (Å²) in [5, 5.41) is 2.77. The Hall–Kier alpha value is -1.06. The van der Waals surface area contributed by atoms with E-state index in [2.05, 4.69) is 17.1 Å². The van der Waals surface area contributed by atoms with Crippen LogP contribution in [0.4, 0.5) is 5.69 Å². The maximum Gasteiger partial charge on any atom is 0.221 e. The van der Waals surface area contributed by atoms with Crippen LogP contribution in [0, 0.1) is 5.92 Å². The van der Waals surface area contributed by atoms with E-state index < -0.39 is 0 Å². The first-order valence-corrected chi connectivity index (χ1v) is 7.72. The van der Waals surface area contributed by atoms with Gasteiger partial charge < -0.3 is 10.2 Å². The Kier molecular flexibility index (Phi) is 5.44. The van der Waals surface area contributed by atoms with Crippen LogP contribution >= 0.6 is 11.6 Å². The smallest absolute Gasteiger partial charge is 0.221 e. The van der Waals surface area contributed by atoms with Crippen LogP contribution in [0.2, 0.25) is 0 Å². The molecule has 110 valence electrons. The predicted molar refractivity (Wildman–Crippen MR) is 84.2 cm³/mol. The van der Waals surface area contributed by atoms with Crippen molar-refractivity contribution in [2.75, 3.05) is 25.0 Å². The number of nitrogens with one attached hydrogen (secondary N) is 1. The van der Waals surface area contributed by atoms with Gasteiger partial charge in [-0.2, -0.15) is 0 Å². The van der Waals surface area contributed by atoms with Crippen LogP contribution in [0.15, 0.2) is 24.3 Å². The van der Waals surface area contributed by atoms with Gasteiger partial charge in [0.05, 0.1) is 5.38 Å². The van der Waals surface area contributed by atoms with Gasteiger partial charge in [-0.15, -0.1) is 11.6 Å². The highest BCUT2D eigenvalue weighted by atomic mass is 35.5. The third kappa shape index (κ3) is 4.50. The van der Waals surface area contributed by atoms with Gasteiger partial charge in [0, 0.05) is 25.7 Å². The fourth-order valence-electron chi connectivity index (χ4n) is 2.80. The van der Waals surface area contributed by atoms with Crippen molar-refractivity contribution in [3.8, 4) is 0 Å². The van der Waals surface area contributed by atoms with Gasteiger partial charge in [0.1, 0.15) is 0 Å². The first-order valence-electron chi connectivity index (χ1n) is 7.28. The maximum absolute atomic E-state index is 11.1. The van der Waals surface area contributed by atoms with E-state index in [-0.39, 0.29) is 11.3 Å². The molecule has 3 nitrogen and oxygen atoms in total. The van der Waals surface area contributed by atoms with Gasteiger partial charge in [-0.25, -0.2) is 0 Å². The minimum atomic E-state index is -0.0573. The van der Waals surface area contributed by atoms with E-state index in [4.69, 9.17) is 11.6 Å². The third-order valence-corrected chi connectivity index (χ3v) is 4.12. The van der Waals surface area contributed by atoms with Crippen molar-refractivity contribution in [2.24, 2.45) is 5.92 Å². The Morgan fingerprint density at radius 3 is 3.05 bits per heavy atom. The summed E-state index contributed by atoms with van der Waals surface area (Å²) in [6.07, 6.45) is 2.58. The molecule has 2 rings (SSSR count). The molecule has 2 unspecified atom stereocenters. The van der Waals surface area contributed by atoms with E-state index >= 15 is 0 Å². The standard InChI is InChI=1S/C16H23ClN2O/c1-12-5-4-8-19(10-12)11-16(17)14-6-3-7-15(9-14)18-13(2)20/h3,6-7,9,12,16H,4-5,8,10-11H2,1-2H3,(H,18,20). The minimum absolute atomic E-state index is 0.0333. The molecule has 0 aliphatic carbocycles. The molecular formula is C16H23ClN2O. The molecule has 1 saturated heterocycles. The Balaban J connectivity index is 1.97. The molecule has 1 aromatic rings. The number of amides is 1. The van der Waals surface area contributed by atoms with Crippen LogP contribution in [0.1, 0.15) is 37.6 Å². The second kappa shape index (κ2) is 7.09. The van der Waals surface area contributed by atoms with Crippen LogP contribution in [-0.4, -0.2) is 30.4 Å². The molecule has 0 radical (unpaired) electrons. The van der Waals surface area contributed by atoms with Crippen LogP contribution < -0.4 is 5.32 Å². The van der Waals surface area contributed by atoms with Gasteiger partial charge in [0.25, 0.3) is 0 Å². The highest BCUT2D eigenvalue weighted by Crippen LogP contribution is 2.26. The third-order valence-electron chi connectivity index (χ3n) is 3.73. The number of hydrogen-bond donors (Lipinski definition) is 1. The van der Waals surface area contributed by atoms with Gasteiger partial charge in [-0.3, -0.25) is 4.79 Å². The summed E-state index contributed by atoms with van der Waals surface area (Å²) in [5.74, 6) is 0.705. The molecule has 1 fully saturated rings. The van der Waals surface area contributed by atoms with E-state index in [0.29, 0.717) is 0 Å². The quantitative estimate of drug-likeness (QED) is 0.860. The highest BCUT2D eigenvalue weighted by molar-refractivity contribution is 6.21. The van der Waals surface area contributed by atoms with E-state index in [9.17, 15) is 4.79 Å². The molecule has 1 aliphatic heterocycles. The van der Waals surface area contributed by atoms with Gasteiger partial charge in [-0.1, -0.05) is 19.1 Å². The number of piperidine rings is 1. The number of carbonyl (C=O) groups is 1. The first-order chi connectivity index (χ1) is 9.54. The van der Waals surface area contributed by atoms with Crippen molar-refractivity contribution < 1.29 is 4.79 Å². The zero-order valence-electron chi connectivity index (χ0n) is 12.2. The van der Waals surface area contributed by atoms with Crippen LogP contribution in [0.5, 0.6) is 0 Å². The maximum atomic E-state index is 11.1. The van der Waals surface area contributed by atoms with Crippen molar-refractivity contribution in [1.29, 1.82) is 0 Å². The van der Waals surface area contributed by atoms with Gasteiger partial charge in [0.15, 0.2) is 0 Å². The summed E-state index contributed by atoms with van der Waals surface area (Å²) in [5.41, 5.74) is 1.88. The number of halogens is 1. The molecule has 4 heteroatoms. The molecule has 1 aliphatic rings. The summed E-state index contributed by atoms with van der Waals surface area (Å²) in [7, 11) is 0. The van der Waals surface area contributed by atoms with Crippen molar-refractivity contribution in [3.63, 3.8) is 0 Å². The van der Waals surface area contributed by atoms with Gasteiger partial charge >= 0.3 is 0 Å². The van der Waals surface area contributed by atoms with E-state index in [1.807, 2.05) is 24.3 Å². The lowest BCUT2D eigenvalue weighted by molar-refractivity contribution is -0.114. The minimum Gasteiger partial charge on any atom is -0.326 e. The Bertz CT molecular complexity index is 464. The van der Waals surface area contributed by atoms with Crippen LogP contribution in [-0.2, 0) is 4.79 Å². The molecule has 0 saturated carbocycles. The summed E-state index contributed by atoms with van der Waals surface area (Å²) in [6.45, 7) is 6.95. The fourth-order valence-corrected chi connectivity index (χ4v) is 3.13. The lowest BCUT2D eigenvalue weighted by atomic mass is 9.99. The molecule has 1 aromatic carbocycles. The summed E-state index contributed by atoms with van der Waals surface area (Å²) in [6, 6.07) is 7.81. The average Bonchev–Trinajstić information content (AvgIpc) is 2.38. The molecule has 0 aromatic heterocycles. The number of anilines is 1. The van der Waals surface area contributed by atoms with Crippen molar-refractivity contribution in [2.45, 2.75) is 32.1 Å². The lowest BCUT2D eigenvalue weighted by Gasteiger charge is -2.32. The molecule has 0 bridgehead atoms. The highest BCUT2D eigenvalue weighted by Gasteiger charge is 2.19. The van der Waals surface area contributed by atoms with E-state index in [1.165, 1.54) is 19.8 Å². The number of hydrogen-bond acceptors (Lipinski definition) is 2. The van der Waals surface area contributed by atoms with Gasteiger partial charge in [0.2, 0.25) is 5.91 Å². The fraction of sp³-hybridized carbons (Fsp3) is 0.562. The predicted octanol–water partition coefficient (Wildman–Crippen LogP) is 3.66. The number of nitrogens with zero attached hydrogens (tertiary/aromatic N) is 1. The second-order valence-corrected chi connectivity index (χ2v) is 6.31. The topological polar surface area (TPSA) is 32.3 Å². The number of alkyl halides is 1. The molecule has 0 spiro atoms. The molecular weight excluding hydrogens is 272 g/mol. The SMILES string of the molecule is CC(=O)Nc1cccc(C(Cl)CN2CCCC(C)C2)c1. The van der Waals surface area contributed by atoms with Gasteiger partial charge in [-0.05, 0) is 43.0 Å². The Morgan fingerprint density at radius 2 is 2.35 bits per heavy atom. The normalized spacial score (nSPS) is 21.4. The molecule has 2 atom stereocenters. The van der Waals surface area contributed by atoms with E-state index in [0.717, 1.165) is 36.8 Å². The van der Waals surface area contributed by atoms with Crippen molar-refractivity contribution in [3.05, 3.63) is 29.8 Å². The summed E-state index contributed by atoms with van der Waals surface area (Å²) < 4.78 is 0. The number of benzene rings is 1. The second-order valence-electron chi connectivity index (χ2n) is 5.78. The molecule has 1 amide bonds. The Labute approximate surface area is 126 Å². The van der Waals surface area contributed by atoms with Crippen LogP contribution in [0.3, 0.4) is 0 Å². The van der Waals surface area contributed by atoms with Crippen molar-refractivity contribution >= 4 is 23.2 Å². The number of likely N-dealkylation sites (tertiary alicyclic amines) is 1. The summed E-state index contributed by atoms with van der Waals surface area (Å²) >= 11 is 6.54. The van der Waals surface area contributed by atoms with Crippen molar-refractivity contribution in [1.82, 2.24) is 4.90 Å². The Morgan fingerprint density at radius 1 is 1.55 bits per heavy atom. The summed E-state index contributed by atoms with van der Waals surface area (Å²) in [4.78, 5) is 13.5. The zero-order valence-corrected chi connectivity index (χ0v) is 13.0. The monoisotopic (exact) mass is 294 g/mol. The number of carbonyl (C=O) groups excluding carboxylic acids is 1. The zero-order chi connectivity index (χ0) is 14.5. The lowest BCUT2D eigenvalue weighted by Crippen LogP contribution is -2.36.